The van der Waals surface area contributed by atoms with Crippen molar-refractivity contribution < 1.29 is 0 Å². The predicted octanol–water partition coefficient (Wildman–Crippen LogP) is 3.19. The van der Waals surface area contributed by atoms with E-state index in [9.17, 15) is 0 Å². The van der Waals surface area contributed by atoms with E-state index in [-0.39, 0.29) is 0 Å². The van der Waals surface area contributed by atoms with Gasteiger partial charge in [0, 0.05) is 24.4 Å². The Morgan fingerprint density at radius 1 is 1.19 bits per heavy atom. The highest BCUT2D eigenvalue weighted by atomic mass is 14.9. The zero-order chi connectivity index (χ0) is 14.2. The molecule has 0 spiro atoms. The summed E-state index contributed by atoms with van der Waals surface area (Å²) in [5.74, 6) is 2.43. The summed E-state index contributed by atoms with van der Waals surface area (Å²) >= 11 is 0. The lowest BCUT2D eigenvalue weighted by molar-refractivity contribution is 0.460. The van der Waals surface area contributed by atoms with Gasteiger partial charge in [0.1, 0.15) is 0 Å². The number of hydrogen-bond acceptors (Lipinski definition) is 2. The van der Waals surface area contributed by atoms with Crippen LogP contribution in [0.5, 0.6) is 0 Å². The second kappa shape index (κ2) is 5.27. The molecular formula is C19H22N2. The normalized spacial score (nSPS) is 27.6. The van der Waals surface area contributed by atoms with Gasteiger partial charge in [-0.1, -0.05) is 30.3 Å². The van der Waals surface area contributed by atoms with Crippen molar-refractivity contribution in [3.05, 3.63) is 65.5 Å². The Labute approximate surface area is 126 Å². The Morgan fingerprint density at radius 2 is 2.05 bits per heavy atom. The van der Waals surface area contributed by atoms with Crippen molar-refractivity contribution in [3.8, 4) is 0 Å². The van der Waals surface area contributed by atoms with Crippen LogP contribution in [0.4, 0.5) is 0 Å². The summed E-state index contributed by atoms with van der Waals surface area (Å²) in [7, 11) is 2.10. The van der Waals surface area contributed by atoms with Crippen molar-refractivity contribution in [2.24, 2.45) is 11.8 Å². The largest absolute Gasteiger partial charge is 0.316 e. The van der Waals surface area contributed by atoms with E-state index in [2.05, 4.69) is 53.7 Å². The van der Waals surface area contributed by atoms with E-state index in [0.717, 1.165) is 24.2 Å². The lowest BCUT2D eigenvalue weighted by Gasteiger charge is -2.16. The topological polar surface area (TPSA) is 24.9 Å². The molecule has 2 nitrogen and oxygen atoms in total. The third kappa shape index (κ3) is 2.28. The molecule has 1 N–H and O–H groups in total. The maximum absolute atomic E-state index is 4.50. The number of nitrogens with zero attached hydrogens (tertiary/aromatic N) is 1. The van der Waals surface area contributed by atoms with Crippen molar-refractivity contribution in [3.63, 3.8) is 0 Å². The molecule has 2 aromatic rings. The molecule has 0 amide bonds. The van der Waals surface area contributed by atoms with Crippen molar-refractivity contribution in [1.29, 1.82) is 0 Å². The van der Waals surface area contributed by atoms with E-state index >= 15 is 0 Å². The van der Waals surface area contributed by atoms with Gasteiger partial charge >= 0.3 is 0 Å². The standard InChI is InChI=1S/C19H22N2/c1-20-17(12-14-7-4-5-11-21-14)19-16-10-9-13-6-2-3-8-15(13)18(16)19/h2-8,11,16-20H,9-10,12H2,1H3. The summed E-state index contributed by atoms with van der Waals surface area (Å²) in [5.41, 5.74) is 4.39. The van der Waals surface area contributed by atoms with Crippen molar-refractivity contribution >= 4 is 0 Å². The fraction of sp³-hybridized carbons (Fsp3) is 0.421. The highest BCUT2D eigenvalue weighted by molar-refractivity contribution is 5.40. The predicted molar refractivity (Wildman–Crippen MR) is 85.3 cm³/mol. The third-order valence-corrected chi connectivity index (χ3v) is 5.38. The number of hydrogen-bond donors (Lipinski definition) is 1. The Hall–Kier alpha value is -1.67. The first kappa shape index (κ1) is 13.0. The van der Waals surface area contributed by atoms with Crippen LogP contribution in [0.15, 0.2) is 48.7 Å². The van der Waals surface area contributed by atoms with Gasteiger partial charge in [-0.05, 0) is 60.9 Å². The number of aryl methyl sites for hydroxylation is 1. The van der Waals surface area contributed by atoms with Crippen LogP contribution in [0.2, 0.25) is 0 Å². The molecule has 4 unspecified atom stereocenters. The first-order chi connectivity index (χ1) is 10.4. The molecule has 2 aliphatic carbocycles. The van der Waals surface area contributed by atoms with Crippen molar-refractivity contribution in [1.82, 2.24) is 10.3 Å². The maximum Gasteiger partial charge on any atom is 0.0419 e. The number of fused-ring (bicyclic) bond motifs is 3. The molecule has 21 heavy (non-hydrogen) atoms. The molecule has 0 saturated heterocycles. The molecule has 1 saturated carbocycles. The number of likely N-dealkylation sites (N-methyl/N-ethyl adjacent to an activating group) is 1. The van der Waals surface area contributed by atoms with Gasteiger partial charge in [0.05, 0.1) is 0 Å². The molecule has 0 aliphatic heterocycles. The summed E-state index contributed by atoms with van der Waals surface area (Å²) in [5, 5.41) is 3.56. The van der Waals surface area contributed by atoms with Gasteiger partial charge in [0.2, 0.25) is 0 Å². The fourth-order valence-electron chi connectivity index (χ4n) is 4.34. The quantitative estimate of drug-likeness (QED) is 0.929. The fourth-order valence-corrected chi connectivity index (χ4v) is 4.34. The van der Waals surface area contributed by atoms with E-state index in [1.807, 2.05) is 12.3 Å². The lowest BCUT2D eigenvalue weighted by atomic mass is 9.92. The third-order valence-electron chi connectivity index (χ3n) is 5.38. The van der Waals surface area contributed by atoms with Crippen LogP contribution in [-0.4, -0.2) is 18.1 Å². The Morgan fingerprint density at radius 3 is 2.86 bits per heavy atom. The van der Waals surface area contributed by atoms with E-state index in [1.54, 1.807) is 11.1 Å². The van der Waals surface area contributed by atoms with Gasteiger partial charge in [0.15, 0.2) is 0 Å². The minimum absolute atomic E-state index is 0.543. The second-order valence-electron chi connectivity index (χ2n) is 6.42. The van der Waals surface area contributed by atoms with Gasteiger partial charge < -0.3 is 5.32 Å². The monoisotopic (exact) mass is 278 g/mol. The molecule has 0 radical (unpaired) electrons. The summed E-state index contributed by atoms with van der Waals surface area (Å²) in [4.78, 5) is 4.50. The molecule has 1 aromatic heterocycles. The van der Waals surface area contributed by atoms with Crippen LogP contribution < -0.4 is 5.32 Å². The van der Waals surface area contributed by atoms with Crippen molar-refractivity contribution in [2.75, 3.05) is 7.05 Å². The Kier molecular flexibility index (Phi) is 3.27. The van der Waals surface area contributed by atoms with E-state index < -0.39 is 0 Å². The van der Waals surface area contributed by atoms with E-state index in [1.165, 1.54) is 18.5 Å². The summed E-state index contributed by atoms with van der Waals surface area (Å²) in [6, 6.07) is 15.8. The highest BCUT2D eigenvalue weighted by Crippen LogP contribution is 2.61. The van der Waals surface area contributed by atoms with Crippen LogP contribution >= 0.6 is 0 Å². The number of pyridine rings is 1. The second-order valence-corrected chi connectivity index (χ2v) is 6.42. The number of aromatic nitrogens is 1. The van der Waals surface area contributed by atoms with Gasteiger partial charge in [-0.3, -0.25) is 4.98 Å². The van der Waals surface area contributed by atoms with Crippen LogP contribution in [0.1, 0.15) is 29.2 Å². The van der Waals surface area contributed by atoms with E-state index in [4.69, 9.17) is 0 Å². The van der Waals surface area contributed by atoms with Crippen LogP contribution in [0, 0.1) is 11.8 Å². The SMILES string of the molecule is CNC(Cc1ccccn1)C1C2CCc3ccccc3C21. The molecular weight excluding hydrogens is 256 g/mol. The van der Waals surface area contributed by atoms with Gasteiger partial charge in [0.25, 0.3) is 0 Å². The number of rotatable bonds is 4. The Balaban J connectivity index is 1.55. The molecule has 1 fully saturated rings. The molecule has 4 rings (SSSR count). The maximum atomic E-state index is 4.50. The minimum atomic E-state index is 0.543. The van der Waals surface area contributed by atoms with Crippen LogP contribution in [0.3, 0.4) is 0 Å². The highest BCUT2D eigenvalue weighted by Gasteiger charge is 2.55. The van der Waals surface area contributed by atoms with Gasteiger partial charge in [-0.15, -0.1) is 0 Å². The average Bonchev–Trinajstić information content (AvgIpc) is 3.28. The molecule has 108 valence electrons. The lowest BCUT2D eigenvalue weighted by Crippen LogP contribution is -2.31. The first-order valence-corrected chi connectivity index (χ1v) is 8.03. The molecule has 1 heterocycles. The Bertz CT molecular complexity index is 622. The summed E-state index contributed by atoms with van der Waals surface area (Å²) in [6.45, 7) is 0. The van der Waals surface area contributed by atoms with Gasteiger partial charge in [-0.25, -0.2) is 0 Å². The smallest absolute Gasteiger partial charge is 0.0419 e. The minimum Gasteiger partial charge on any atom is -0.316 e. The molecule has 1 aromatic carbocycles. The van der Waals surface area contributed by atoms with Gasteiger partial charge in [-0.2, -0.15) is 0 Å². The summed E-state index contributed by atoms with van der Waals surface area (Å²) in [6.07, 6.45) is 5.55. The first-order valence-electron chi connectivity index (χ1n) is 8.03. The molecule has 2 aliphatic rings. The molecule has 0 bridgehead atoms. The van der Waals surface area contributed by atoms with Crippen molar-refractivity contribution in [2.45, 2.75) is 31.2 Å². The van der Waals surface area contributed by atoms with Crippen LogP contribution in [0.25, 0.3) is 0 Å². The zero-order valence-corrected chi connectivity index (χ0v) is 12.5. The number of benzene rings is 1. The molecule has 4 atom stereocenters. The average molecular weight is 278 g/mol. The summed E-state index contributed by atoms with van der Waals surface area (Å²) < 4.78 is 0. The van der Waals surface area contributed by atoms with E-state index in [0.29, 0.717) is 6.04 Å². The molecule has 2 heteroatoms. The van der Waals surface area contributed by atoms with Crippen LogP contribution in [-0.2, 0) is 12.8 Å². The number of nitrogens with one attached hydrogen (secondary N) is 1. The zero-order valence-electron chi connectivity index (χ0n) is 12.5.